The Kier molecular flexibility index (Phi) is 20.6. The first kappa shape index (κ1) is 8.82. The van der Waals surface area contributed by atoms with Crippen LogP contribution in [0.2, 0.25) is 0 Å². The Labute approximate surface area is 42.9 Å². The van der Waals surface area contributed by atoms with Gasteiger partial charge in [0.05, 0.1) is 0 Å². The van der Waals surface area contributed by atoms with Crippen LogP contribution >= 0.6 is 0 Å². The van der Waals surface area contributed by atoms with Crippen molar-refractivity contribution in [2.75, 3.05) is 0 Å². The molecule has 0 amide bonds. The molecule has 0 saturated heterocycles. The van der Waals surface area contributed by atoms with Crippen LogP contribution in [-0.2, 0) is 37.3 Å². The van der Waals surface area contributed by atoms with E-state index < -0.39 is 0 Å². The standard InChI is InChI=1S/CHO.Fe.Ni/c1-2;;/h1H;;. The van der Waals surface area contributed by atoms with Gasteiger partial charge in [-0.25, -0.2) is 0 Å². The quantitative estimate of drug-likeness (QED) is 0.337. The summed E-state index contributed by atoms with van der Waals surface area (Å²) in [5.74, 6) is 0. The zero-order valence-corrected chi connectivity index (χ0v) is 3.75. The molecule has 0 aromatic rings. The van der Waals surface area contributed by atoms with E-state index >= 15 is 0 Å². The fourth-order valence-electron chi connectivity index (χ4n) is 0. The molecule has 0 rings (SSSR count). The minimum absolute atomic E-state index is 0. The van der Waals surface area contributed by atoms with E-state index in [2.05, 4.69) is 16.0 Å². The predicted octanol–water partition coefficient (Wildman–Crippen LogP) is -0.279. The number of rotatable bonds is 0. The third kappa shape index (κ3) is 16.3. The van der Waals surface area contributed by atoms with Gasteiger partial charge in [0.15, 0.2) is 0 Å². The summed E-state index contributed by atoms with van der Waals surface area (Å²) in [6.45, 7) is 0. The summed E-state index contributed by atoms with van der Waals surface area (Å²) >= 11 is 2.81. The van der Waals surface area contributed by atoms with E-state index in [9.17, 15) is 0 Å². The van der Waals surface area contributed by atoms with Crippen molar-refractivity contribution in [1.82, 2.24) is 0 Å². The van der Waals surface area contributed by atoms with Crippen molar-refractivity contribution in [2.45, 2.75) is 0 Å². The molecule has 0 N–H and O–H groups in total. The minimum atomic E-state index is 0. The maximum Gasteiger partial charge on any atom is 0 e. The van der Waals surface area contributed by atoms with Crippen LogP contribution in [-0.4, -0.2) is 5.18 Å². The largest absolute Gasteiger partial charge is 0 e. The Morgan fingerprint density at radius 3 is 1.75 bits per heavy atom. The van der Waals surface area contributed by atoms with Crippen LogP contribution in [0.3, 0.4) is 0 Å². The molecule has 0 atom stereocenters. The Morgan fingerprint density at radius 2 is 1.75 bits per heavy atom. The van der Waals surface area contributed by atoms with Crippen LogP contribution in [0.15, 0.2) is 0 Å². The maximum atomic E-state index is 8.69. The van der Waals surface area contributed by atoms with Crippen molar-refractivity contribution in [2.24, 2.45) is 0 Å². The predicted molar refractivity (Wildman–Crippen MR) is 6.75 cm³/mol. The first-order valence-corrected chi connectivity index (χ1v) is 1.08. The second-order valence-corrected chi connectivity index (χ2v) is 0.344. The third-order valence-corrected chi connectivity index (χ3v) is 0. The topological polar surface area (TPSA) is 17.1 Å². The molecule has 0 saturated carbocycles. The van der Waals surface area contributed by atoms with Gasteiger partial charge < -0.3 is 0 Å². The molecule has 1 nitrogen and oxygen atoms in total. The molecule has 0 unspecified atom stereocenters. The second kappa shape index (κ2) is 9.36. The van der Waals surface area contributed by atoms with Gasteiger partial charge in [0.25, 0.3) is 0 Å². The minimum Gasteiger partial charge on any atom is 0 e. The Bertz CT molecular complexity index is 15.5. The molecule has 4 heavy (non-hydrogen) atoms. The third-order valence-electron chi connectivity index (χ3n) is 0. The molecule has 0 aliphatic heterocycles. The van der Waals surface area contributed by atoms with Crippen molar-refractivity contribution >= 4 is 5.18 Å². The number of carbonyl (C=O) groups is 1. The van der Waals surface area contributed by atoms with E-state index in [1.807, 2.05) is 0 Å². The van der Waals surface area contributed by atoms with Gasteiger partial charge >= 0.3 is 26.0 Å². The van der Waals surface area contributed by atoms with E-state index in [1.165, 1.54) is 0 Å². The summed E-state index contributed by atoms with van der Waals surface area (Å²) in [5, 5.41) is 0.500. The van der Waals surface area contributed by atoms with Crippen LogP contribution in [0.1, 0.15) is 0 Å². The molecule has 0 fully saturated rings. The van der Waals surface area contributed by atoms with Crippen molar-refractivity contribution in [3.63, 3.8) is 0 Å². The number of hydrogen-bond donors (Lipinski definition) is 0. The van der Waals surface area contributed by atoms with Gasteiger partial charge in [-0.05, 0) is 0 Å². The summed E-state index contributed by atoms with van der Waals surface area (Å²) < 4.78 is 0. The summed E-state index contributed by atoms with van der Waals surface area (Å²) in [5.41, 5.74) is 0. The molecule has 0 aliphatic carbocycles. The van der Waals surface area contributed by atoms with Gasteiger partial charge in [-0.15, -0.1) is 0 Å². The average molecular weight is 144 g/mol. The molecule has 0 spiro atoms. The van der Waals surface area contributed by atoms with E-state index in [4.69, 9.17) is 4.79 Å². The molecular formula is CHFeNiO. The van der Waals surface area contributed by atoms with Crippen molar-refractivity contribution in [3.05, 3.63) is 0 Å². The molecule has 3 heteroatoms. The molecule has 29 valence electrons. The van der Waals surface area contributed by atoms with Gasteiger partial charge in [-0.1, -0.05) is 0 Å². The second-order valence-electron chi connectivity index (χ2n) is 0.0833. The summed E-state index contributed by atoms with van der Waals surface area (Å²) in [7, 11) is 0. The zero-order valence-electron chi connectivity index (χ0n) is 1.66. The molecule has 0 aromatic heterocycles. The number of carbonyl (C=O) groups excluding carboxylic acids is 1. The molecule has 0 radical (unpaired) electrons. The summed E-state index contributed by atoms with van der Waals surface area (Å²) in [4.78, 5) is 8.69. The Hall–Kier alpha value is 0.683. The van der Waals surface area contributed by atoms with Crippen LogP contribution in [0.5, 0.6) is 0 Å². The van der Waals surface area contributed by atoms with Crippen molar-refractivity contribution in [1.29, 1.82) is 0 Å². The SMILES string of the molecule is O=[CH][Fe].[Ni]. The molecule has 0 aromatic carbocycles. The average Bonchev–Trinajstić information content (AvgIpc) is 0.918. The van der Waals surface area contributed by atoms with E-state index in [0.29, 0.717) is 5.18 Å². The van der Waals surface area contributed by atoms with Crippen LogP contribution in [0.25, 0.3) is 0 Å². The van der Waals surface area contributed by atoms with Gasteiger partial charge in [-0.2, -0.15) is 0 Å². The molecule has 0 heterocycles. The number of hydrogen-bond acceptors (Lipinski definition) is 1. The van der Waals surface area contributed by atoms with E-state index in [-0.39, 0.29) is 16.5 Å². The maximum absolute atomic E-state index is 8.69. The van der Waals surface area contributed by atoms with Crippen LogP contribution in [0.4, 0.5) is 0 Å². The Balaban J connectivity index is 0. The monoisotopic (exact) mass is 143 g/mol. The van der Waals surface area contributed by atoms with E-state index in [0.717, 1.165) is 0 Å². The van der Waals surface area contributed by atoms with Gasteiger partial charge in [-0.3, -0.25) is 0 Å². The normalized spacial score (nSPS) is 3.25. The van der Waals surface area contributed by atoms with Crippen LogP contribution < -0.4 is 0 Å². The van der Waals surface area contributed by atoms with Crippen LogP contribution in [0, 0.1) is 0 Å². The summed E-state index contributed by atoms with van der Waals surface area (Å²) in [6, 6.07) is 0. The smallest absolute Gasteiger partial charge is 0 e. The van der Waals surface area contributed by atoms with Crippen molar-refractivity contribution < 1.29 is 37.3 Å². The zero-order chi connectivity index (χ0) is 2.71. The van der Waals surface area contributed by atoms with E-state index in [1.54, 1.807) is 0 Å². The van der Waals surface area contributed by atoms with Gasteiger partial charge in [0.1, 0.15) is 0 Å². The molecule has 0 bridgehead atoms. The van der Waals surface area contributed by atoms with Gasteiger partial charge in [0.2, 0.25) is 0 Å². The molecule has 0 aliphatic rings. The fraction of sp³-hybridized carbons (Fsp3) is 0. The fourth-order valence-corrected chi connectivity index (χ4v) is 0. The summed E-state index contributed by atoms with van der Waals surface area (Å²) in [6.07, 6.45) is 0. The van der Waals surface area contributed by atoms with Crippen molar-refractivity contribution in [3.8, 4) is 0 Å². The molecular weight excluding hydrogens is 143 g/mol. The van der Waals surface area contributed by atoms with Gasteiger partial charge in [0, 0.05) is 16.5 Å². The first-order valence-electron chi connectivity index (χ1n) is 0.440. The first-order chi connectivity index (χ1) is 1.41. The Morgan fingerprint density at radius 1 is 1.75 bits per heavy atom.